The first-order valence-corrected chi connectivity index (χ1v) is 28.5. The highest BCUT2D eigenvalue weighted by Gasteiger charge is 2.22. The monoisotopic (exact) mass is 1070 g/mol. The predicted molar refractivity (Wildman–Crippen MR) is 351 cm³/mol. The molecule has 5 heteroatoms. The highest BCUT2D eigenvalue weighted by Crippen LogP contribution is 2.45. The van der Waals surface area contributed by atoms with Gasteiger partial charge in [0.05, 0.1) is 0 Å². The van der Waals surface area contributed by atoms with E-state index in [1.807, 2.05) is 0 Å². The number of aryl methyl sites for hydroxylation is 10. The smallest absolute Gasteiger partial charge is 0.135 e. The quantitative estimate of drug-likeness (QED) is 0.115. The summed E-state index contributed by atoms with van der Waals surface area (Å²) >= 11 is 0. The number of anilines is 11. The van der Waals surface area contributed by atoms with Crippen LogP contribution in [0.15, 0.2) is 229 Å². The summed E-state index contributed by atoms with van der Waals surface area (Å²) in [4.78, 5) is 9.42. The molecule has 0 aliphatic rings. The van der Waals surface area contributed by atoms with Gasteiger partial charge in [-0.25, -0.2) is 0 Å². The Balaban J connectivity index is 0.841. The molecular formula is C77H70N4O. The van der Waals surface area contributed by atoms with Crippen LogP contribution in [0.5, 0.6) is 0 Å². The first-order chi connectivity index (χ1) is 39.6. The van der Waals surface area contributed by atoms with Crippen LogP contribution in [0.4, 0.5) is 62.6 Å². The van der Waals surface area contributed by atoms with Crippen LogP contribution in [0.1, 0.15) is 55.6 Å². The number of furan rings is 1. The molecule has 1 heterocycles. The van der Waals surface area contributed by atoms with Gasteiger partial charge in [0.1, 0.15) is 11.2 Å². The van der Waals surface area contributed by atoms with Crippen LogP contribution in [0.25, 0.3) is 44.2 Å². The Bertz CT molecular complexity index is 4290. The molecule has 12 aromatic rings. The van der Waals surface area contributed by atoms with Gasteiger partial charge < -0.3 is 24.0 Å². The Kier molecular flexibility index (Phi) is 14.1. The first kappa shape index (κ1) is 53.1. The van der Waals surface area contributed by atoms with Gasteiger partial charge in [-0.2, -0.15) is 0 Å². The zero-order chi connectivity index (χ0) is 56.9. The van der Waals surface area contributed by atoms with E-state index in [-0.39, 0.29) is 0 Å². The molecule has 5 nitrogen and oxygen atoms in total. The molecule has 404 valence electrons. The SMILES string of the molecule is Cc1ccc(N(C)c2ccc3oc4ccc(N(c5ccc(-c6ccc(N(c7ccc(-c8ccc(N(c9ccc(C)cc9C)c9ccc(C)cc9C)cc8)cc7)c7ccc(C)cc7C)cc6)cc5)c5ccc(C)cc5C)cc4c3c2)c(C)c1. The zero-order valence-corrected chi connectivity index (χ0v) is 49.1. The van der Waals surface area contributed by atoms with Crippen LogP contribution in [0.2, 0.25) is 0 Å². The van der Waals surface area contributed by atoms with Crippen molar-refractivity contribution in [1.29, 1.82) is 0 Å². The number of rotatable bonds is 13. The van der Waals surface area contributed by atoms with E-state index in [1.54, 1.807) is 0 Å². The van der Waals surface area contributed by atoms with Crippen molar-refractivity contribution in [2.75, 3.05) is 26.6 Å². The van der Waals surface area contributed by atoms with E-state index < -0.39 is 0 Å². The highest BCUT2D eigenvalue weighted by molar-refractivity contribution is 6.08. The fourth-order valence-electron chi connectivity index (χ4n) is 12.1. The second-order valence-electron chi connectivity index (χ2n) is 22.7. The van der Waals surface area contributed by atoms with E-state index in [2.05, 4.69) is 320 Å². The third-order valence-corrected chi connectivity index (χ3v) is 16.3. The predicted octanol–water partition coefficient (Wildman–Crippen LogP) is 22.2. The van der Waals surface area contributed by atoms with Crippen molar-refractivity contribution in [1.82, 2.24) is 0 Å². The lowest BCUT2D eigenvalue weighted by atomic mass is 10.0. The van der Waals surface area contributed by atoms with Crippen molar-refractivity contribution in [3.8, 4) is 22.3 Å². The molecule has 0 saturated heterocycles. The minimum Gasteiger partial charge on any atom is -0.456 e. The molecule has 12 rings (SSSR count). The molecule has 0 amide bonds. The van der Waals surface area contributed by atoms with Gasteiger partial charge >= 0.3 is 0 Å². The summed E-state index contributed by atoms with van der Waals surface area (Å²) in [5, 5.41) is 2.17. The average Bonchev–Trinajstić information content (AvgIpc) is 4.06. The minimum absolute atomic E-state index is 0.865. The normalized spacial score (nSPS) is 11.4. The summed E-state index contributed by atoms with van der Waals surface area (Å²) in [6, 6.07) is 82.7. The van der Waals surface area contributed by atoms with E-state index in [0.29, 0.717) is 0 Å². The fourth-order valence-corrected chi connectivity index (χ4v) is 12.1. The molecule has 0 unspecified atom stereocenters. The van der Waals surface area contributed by atoms with Gasteiger partial charge in [-0.05, 0) is 235 Å². The number of hydrogen-bond acceptors (Lipinski definition) is 5. The molecule has 0 spiro atoms. The summed E-state index contributed by atoms with van der Waals surface area (Å²) < 4.78 is 6.49. The van der Waals surface area contributed by atoms with Crippen LogP contribution in [-0.2, 0) is 0 Å². The van der Waals surface area contributed by atoms with Crippen molar-refractivity contribution in [3.05, 3.63) is 280 Å². The lowest BCUT2D eigenvalue weighted by Gasteiger charge is -2.29. The van der Waals surface area contributed by atoms with E-state index in [9.17, 15) is 0 Å². The van der Waals surface area contributed by atoms with E-state index in [0.717, 1.165) is 84.1 Å². The average molecular weight is 1070 g/mol. The van der Waals surface area contributed by atoms with Crippen molar-refractivity contribution in [2.24, 2.45) is 0 Å². The first-order valence-electron chi connectivity index (χ1n) is 28.5. The van der Waals surface area contributed by atoms with Crippen LogP contribution < -0.4 is 19.6 Å². The highest BCUT2D eigenvalue weighted by atomic mass is 16.3. The van der Waals surface area contributed by atoms with E-state index in [1.165, 1.54) is 78.3 Å². The molecule has 0 fully saturated rings. The maximum atomic E-state index is 6.49. The second kappa shape index (κ2) is 21.8. The maximum Gasteiger partial charge on any atom is 0.135 e. The molecule has 0 atom stereocenters. The number of hydrogen-bond donors (Lipinski definition) is 0. The molecule has 0 bridgehead atoms. The van der Waals surface area contributed by atoms with Gasteiger partial charge in [-0.3, -0.25) is 0 Å². The number of benzene rings is 11. The number of fused-ring (bicyclic) bond motifs is 3. The third-order valence-electron chi connectivity index (χ3n) is 16.3. The van der Waals surface area contributed by atoms with Gasteiger partial charge in [0.15, 0.2) is 0 Å². The molecule has 11 aromatic carbocycles. The van der Waals surface area contributed by atoms with Gasteiger partial charge in [0.2, 0.25) is 0 Å². The Labute approximate surface area is 484 Å². The van der Waals surface area contributed by atoms with Crippen molar-refractivity contribution >= 4 is 84.5 Å². The van der Waals surface area contributed by atoms with Crippen molar-refractivity contribution in [2.45, 2.75) is 69.2 Å². The lowest BCUT2D eigenvalue weighted by molar-refractivity contribution is 0.669. The molecule has 0 N–H and O–H groups in total. The van der Waals surface area contributed by atoms with Crippen LogP contribution >= 0.6 is 0 Å². The zero-order valence-electron chi connectivity index (χ0n) is 49.1. The third kappa shape index (κ3) is 10.3. The summed E-state index contributed by atoms with van der Waals surface area (Å²) in [5.74, 6) is 0. The minimum atomic E-state index is 0.865. The molecular weight excluding hydrogens is 997 g/mol. The van der Waals surface area contributed by atoms with E-state index >= 15 is 0 Å². The molecule has 82 heavy (non-hydrogen) atoms. The Hall–Kier alpha value is -9.58. The maximum absolute atomic E-state index is 6.49. The lowest BCUT2D eigenvalue weighted by Crippen LogP contribution is -2.13. The molecule has 0 aliphatic carbocycles. The summed E-state index contributed by atoms with van der Waals surface area (Å²) in [6.07, 6.45) is 0. The summed E-state index contributed by atoms with van der Waals surface area (Å²) in [7, 11) is 2.14. The van der Waals surface area contributed by atoms with Crippen LogP contribution in [0, 0.1) is 69.2 Å². The fraction of sp³-hybridized carbons (Fsp3) is 0.143. The van der Waals surface area contributed by atoms with E-state index in [4.69, 9.17) is 4.42 Å². The molecule has 0 saturated carbocycles. The largest absolute Gasteiger partial charge is 0.456 e. The Morgan fingerprint density at radius 2 is 0.488 bits per heavy atom. The molecule has 1 aromatic heterocycles. The second-order valence-corrected chi connectivity index (χ2v) is 22.7. The van der Waals surface area contributed by atoms with Crippen molar-refractivity contribution < 1.29 is 4.42 Å². The van der Waals surface area contributed by atoms with Gasteiger partial charge in [0, 0.05) is 80.4 Å². The molecule has 0 aliphatic heterocycles. The topological polar surface area (TPSA) is 26.1 Å². The standard InChI is InChI=1S/C77H70N4O/c1-49-12-35-71(54(6)42-49)78(11)67-33-40-76-69(47-67)70-48-68(34-41-77(70)82-76)80(73-37-14-51(3)44-56(73)8)65-29-21-61(22-30-65)59-17-25-63(26-18-59)79(72-36-13-50(2)43-55(72)7)64-27-19-60(20-28-64)62-23-31-66(32-24-62)81(74-38-15-52(4)45-57(74)9)75-39-16-53(5)46-58(75)10/h12-48H,1-11H3. The van der Waals surface area contributed by atoms with Gasteiger partial charge in [-0.1, -0.05) is 137 Å². The van der Waals surface area contributed by atoms with Gasteiger partial charge in [-0.15, -0.1) is 0 Å². The Morgan fingerprint density at radius 1 is 0.232 bits per heavy atom. The molecule has 0 radical (unpaired) electrons. The summed E-state index contributed by atoms with van der Waals surface area (Å²) in [6.45, 7) is 21.8. The van der Waals surface area contributed by atoms with Crippen molar-refractivity contribution in [3.63, 3.8) is 0 Å². The Morgan fingerprint density at radius 3 is 0.817 bits per heavy atom. The van der Waals surface area contributed by atoms with Gasteiger partial charge in [0.25, 0.3) is 0 Å². The van der Waals surface area contributed by atoms with Crippen LogP contribution in [-0.4, -0.2) is 7.05 Å². The number of nitrogens with zero attached hydrogens (tertiary/aromatic N) is 4. The summed E-state index contributed by atoms with van der Waals surface area (Å²) in [5.41, 5.74) is 31.2. The van der Waals surface area contributed by atoms with Crippen LogP contribution in [0.3, 0.4) is 0 Å².